The van der Waals surface area contributed by atoms with Crippen LogP contribution in [0.2, 0.25) is 0 Å². The number of cyclic esters (lactones) is 1. The number of methoxy groups -OCH3 is 1. The molecule has 1 saturated carbocycles. The molecule has 372 valence electrons. The van der Waals surface area contributed by atoms with Gasteiger partial charge in [0.15, 0.2) is 0 Å². The minimum absolute atomic E-state index is 0.0388. The zero-order valence-electron chi connectivity index (χ0n) is 40.9. The molecule has 7 atom stereocenters. The maximum absolute atomic E-state index is 15.3. The second kappa shape index (κ2) is 20.9. The van der Waals surface area contributed by atoms with Crippen LogP contribution in [0.1, 0.15) is 93.4 Å². The summed E-state index contributed by atoms with van der Waals surface area (Å²) in [5.74, 6) is -1.35. The number of esters is 1. The van der Waals surface area contributed by atoms with Gasteiger partial charge in [-0.1, -0.05) is 32.9 Å². The van der Waals surface area contributed by atoms with Crippen molar-refractivity contribution in [3.05, 3.63) is 88.3 Å². The van der Waals surface area contributed by atoms with Crippen LogP contribution in [-0.4, -0.2) is 132 Å². The summed E-state index contributed by atoms with van der Waals surface area (Å²) in [5.41, 5.74) is 10.2. The SMILES string of the molecule is CO[C@@H](C)c1ncccc1-c1c2c3cc(ccc3n1CCOC1CCOCC1)-c1csc(n1)[C@@H](N1CCOCC1)[C@H](NC(=O)[C@@H]1[C@@H](C)[C@H]1c1ccccn1)C(=O)N1CCC[C@H](N1)C(=O)OCC(C)(C)C2. The number of fused-ring (bicyclic) bond motifs is 6. The number of benzene rings is 1. The van der Waals surface area contributed by atoms with E-state index in [2.05, 4.69) is 75.6 Å². The second-order valence-corrected chi connectivity index (χ2v) is 21.2. The number of carbonyl (C=O) groups excluding carboxylic acids is 3. The van der Waals surface area contributed by atoms with Crippen molar-refractivity contribution in [1.29, 1.82) is 0 Å². The van der Waals surface area contributed by atoms with Gasteiger partial charge in [0, 0.05) is 109 Å². The Morgan fingerprint density at radius 1 is 1.00 bits per heavy atom. The van der Waals surface area contributed by atoms with Gasteiger partial charge in [0.25, 0.3) is 5.91 Å². The number of carbonyl (C=O) groups is 3. The molecule has 5 aliphatic rings. The Hall–Kier alpha value is -5.14. The molecular formula is C53H66N8O8S. The summed E-state index contributed by atoms with van der Waals surface area (Å²) in [4.78, 5) is 61.2. The third-order valence-electron chi connectivity index (χ3n) is 14.9. The first kappa shape index (κ1) is 48.5. The molecule has 17 heteroatoms. The summed E-state index contributed by atoms with van der Waals surface area (Å²) < 4.78 is 32.6. The Morgan fingerprint density at radius 3 is 2.59 bits per heavy atom. The van der Waals surface area contributed by atoms with Crippen molar-refractivity contribution in [2.24, 2.45) is 17.3 Å². The molecule has 3 saturated heterocycles. The maximum Gasteiger partial charge on any atom is 0.324 e. The lowest BCUT2D eigenvalue weighted by Gasteiger charge is -2.41. The average Bonchev–Trinajstić information content (AvgIpc) is 3.67. The van der Waals surface area contributed by atoms with Gasteiger partial charge in [-0.15, -0.1) is 11.3 Å². The number of pyridine rings is 2. The lowest BCUT2D eigenvalue weighted by molar-refractivity contribution is -0.156. The highest BCUT2D eigenvalue weighted by Crippen LogP contribution is 2.53. The van der Waals surface area contributed by atoms with Gasteiger partial charge in [-0.05, 0) is 86.9 Å². The molecule has 1 aromatic carbocycles. The Kier molecular flexibility index (Phi) is 14.5. The van der Waals surface area contributed by atoms with Crippen molar-refractivity contribution < 1.29 is 38.1 Å². The summed E-state index contributed by atoms with van der Waals surface area (Å²) in [6.45, 7) is 13.3. The largest absolute Gasteiger partial charge is 0.464 e. The van der Waals surface area contributed by atoms with Gasteiger partial charge in [-0.3, -0.25) is 34.3 Å². The van der Waals surface area contributed by atoms with Crippen LogP contribution in [0.3, 0.4) is 0 Å². The van der Waals surface area contributed by atoms with Crippen LogP contribution in [0.25, 0.3) is 33.4 Å². The van der Waals surface area contributed by atoms with Crippen LogP contribution in [-0.2, 0) is 51.0 Å². The van der Waals surface area contributed by atoms with E-state index in [1.807, 2.05) is 37.4 Å². The van der Waals surface area contributed by atoms with Gasteiger partial charge in [-0.2, -0.15) is 0 Å². The normalized spacial score (nSPS) is 26.1. The number of nitrogens with one attached hydrogen (secondary N) is 2. The third kappa shape index (κ3) is 10.0. The molecule has 4 fully saturated rings. The lowest BCUT2D eigenvalue weighted by Crippen LogP contribution is -2.63. The van der Waals surface area contributed by atoms with Crippen LogP contribution in [0.4, 0.5) is 0 Å². The van der Waals surface area contributed by atoms with E-state index < -0.39 is 29.5 Å². The van der Waals surface area contributed by atoms with Crippen LogP contribution in [0, 0.1) is 17.3 Å². The standard InChI is InChI=1S/C53H66N8O8S/c1-32-43(39-11-6-7-17-54-39)44(32)49(62)57-46-48(59-20-25-67-26-21-59)50-56-41(30-70-50)34-13-14-42-37(28-34)38(29-53(3,4)31-69-52(64)40-12-9-19-61(58-40)51(46)63)47(36-10-8-18-55-45(36)33(2)65-5)60(42)22-27-68-35-15-23-66-24-16-35/h6-8,10-11,13-14,17-18,28,30,32-33,35,40,43-44,46,48,58H,9,12,15-16,19-27,29,31H2,1-5H3,(H,57,62)/t32-,33-,40-,43-,44+,46-,48-/m0/s1. The molecule has 4 aliphatic heterocycles. The number of amides is 2. The number of hydrogen-bond acceptors (Lipinski definition) is 14. The summed E-state index contributed by atoms with van der Waals surface area (Å²) >= 11 is 1.49. The molecule has 16 nitrogen and oxygen atoms in total. The first-order valence-corrected chi connectivity index (χ1v) is 25.9. The van der Waals surface area contributed by atoms with E-state index in [1.54, 1.807) is 13.3 Å². The van der Waals surface area contributed by atoms with Crippen molar-refractivity contribution in [1.82, 2.24) is 40.2 Å². The fourth-order valence-corrected chi connectivity index (χ4v) is 12.0. The molecule has 70 heavy (non-hydrogen) atoms. The molecule has 0 unspecified atom stereocenters. The maximum atomic E-state index is 15.3. The monoisotopic (exact) mass is 974 g/mol. The molecule has 1 aliphatic carbocycles. The number of thiazole rings is 1. The Bertz CT molecular complexity index is 2660. The van der Waals surface area contributed by atoms with E-state index in [-0.39, 0.29) is 48.4 Å². The molecule has 2 amide bonds. The highest BCUT2D eigenvalue weighted by Gasteiger charge is 2.55. The summed E-state index contributed by atoms with van der Waals surface area (Å²) in [5, 5.41) is 8.62. The smallest absolute Gasteiger partial charge is 0.324 e. The van der Waals surface area contributed by atoms with E-state index >= 15 is 4.79 Å². The van der Waals surface area contributed by atoms with Crippen molar-refractivity contribution in [2.75, 3.05) is 66.4 Å². The highest BCUT2D eigenvalue weighted by atomic mass is 32.1. The first-order valence-electron chi connectivity index (χ1n) is 25.0. The van der Waals surface area contributed by atoms with E-state index in [1.165, 1.54) is 16.3 Å². The Labute approximate surface area is 413 Å². The highest BCUT2D eigenvalue weighted by molar-refractivity contribution is 7.10. The number of hydrazine groups is 1. The zero-order chi connectivity index (χ0) is 48.5. The Morgan fingerprint density at radius 2 is 1.80 bits per heavy atom. The number of morpholine rings is 1. The molecule has 4 aromatic heterocycles. The minimum Gasteiger partial charge on any atom is -0.464 e. The number of aromatic nitrogens is 4. The van der Waals surface area contributed by atoms with Gasteiger partial charge in [0.2, 0.25) is 5.91 Å². The zero-order valence-corrected chi connectivity index (χ0v) is 41.8. The molecule has 0 radical (unpaired) electrons. The summed E-state index contributed by atoms with van der Waals surface area (Å²) in [6.07, 6.45) is 6.76. The van der Waals surface area contributed by atoms with Gasteiger partial charge < -0.3 is 33.6 Å². The van der Waals surface area contributed by atoms with Gasteiger partial charge >= 0.3 is 5.97 Å². The Balaban J connectivity index is 1.10. The number of rotatable bonds is 11. The van der Waals surface area contributed by atoms with E-state index in [0.29, 0.717) is 83.5 Å². The molecular weight excluding hydrogens is 909 g/mol. The second-order valence-electron chi connectivity index (χ2n) is 20.3. The van der Waals surface area contributed by atoms with Gasteiger partial charge in [0.05, 0.1) is 61.8 Å². The predicted octanol–water partition coefficient (Wildman–Crippen LogP) is 6.65. The van der Waals surface area contributed by atoms with Crippen molar-refractivity contribution in [3.8, 4) is 22.5 Å². The minimum atomic E-state index is -1.04. The van der Waals surface area contributed by atoms with Gasteiger partial charge in [0.1, 0.15) is 17.1 Å². The molecule has 10 rings (SSSR count). The predicted molar refractivity (Wildman–Crippen MR) is 265 cm³/mol. The quantitative estimate of drug-likeness (QED) is 0.135. The van der Waals surface area contributed by atoms with Crippen molar-refractivity contribution >= 4 is 40.0 Å². The van der Waals surface area contributed by atoms with Gasteiger partial charge in [-0.25, -0.2) is 10.4 Å². The molecule has 5 aromatic rings. The summed E-state index contributed by atoms with van der Waals surface area (Å²) in [7, 11) is 1.70. The number of hydrogen-bond donors (Lipinski definition) is 2. The fraction of sp³-hybridized carbons (Fsp3) is 0.547. The van der Waals surface area contributed by atoms with Crippen LogP contribution >= 0.6 is 11.3 Å². The van der Waals surface area contributed by atoms with E-state index in [4.69, 9.17) is 33.7 Å². The van der Waals surface area contributed by atoms with E-state index in [9.17, 15) is 9.59 Å². The van der Waals surface area contributed by atoms with Crippen molar-refractivity contribution in [3.63, 3.8) is 0 Å². The van der Waals surface area contributed by atoms with Crippen LogP contribution in [0.5, 0.6) is 0 Å². The van der Waals surface area contributed by atoms with Crippen LogP contribution < -0.4 is 10.7 Å². The molecule has 8 heterocycles. The molecule has 2 N–H and O–H groups in total. The van der Waals surface area contributed by atoms with Crippen LogP contribution in [0.15, 0.2) is 66.3 Å². The first-order chi connectivity index (χ1) is 34.0. The summed E-state index contributed by atoms with van der Waals surface area (Å²) in [6, 6.07) is 13.9. The van der Waals surface area contributed by atoms with E-state index in [0.717, 1.165) is 63.2 Å². The topological polar surface area (TPSA) is 172 Å². The average molecular weight is 975 g/mol. The number of nitrogens with zero attached hydrogens (tertiary/aromatic N) is 6. The third-order valence-corrected chi connectivity index (χ3v) is 15.9. The fourth-order valence-electron chi connectivity index (χ4n) is 11.0. The molecule has 0 spiro atoms. The lowest BCUT2D eigenvalue weighted by atomic mass is 9.84. The molecule has 6 bridgehead atoms. The van der Waals surface area contributed by atoms with Crippen molar-refractivity contribution in [2.45, 2.75) is 103 Å². The number of ether oxygens (including phenoxy) is 5.